The van der Waals surface area contributed by atoms with Crippen molar-refractivity contribution in [3.63, 3.8) is 0 Å². The van der Waals surface area contributed by atoms with Crippen molar-refractivity contribution in [1.29, 1.82) is 0 Å². The summed E-state index contributed by atoms with van der Waals surface area (Å²) >= 11 is 5.96. The first-order valence-corrected chi connectivity index (χ1v) is 7.62. The van der Waals surface area contributed by atoms with Gasteiger partial charge in [-0.3, -0.25) is 4.90 Å². The van der Waals surface area contributed by atoms with Crippen molar-refractivity contribution < 1.29 is 0 Å². The van der Waals surface area contributed by atoms with Crippen molar-refractivity contribution in [1.82, 2.24) is 19.9 Å². The molecule has 2 heterocycles. The monoisotopic (exact) mass is 298 g/mol. The highest BCUT2D eigenvalue weighted by molar-refractivity contribution is 6.28. The van der Waals surface area contributed by atoms with E-state index < -0.39 is 0 Å². The van der Waals surface area contributed by atoms with Crippen LogP contribution in [0.4, 0.5) is 11.9 Å². The molecule has 1 N–H and O–H groups in total. The van der Waals surface area contributed by atoms with Crippen LogP contribution >= 0.6 is 11.6 Å². The quantitative estimate of drug-likeness (QED) is 0.865. The lowest BCUT2D eigenvalue weighted by Gasteiger charge is -2.27. The average molecular weight is 299 g/mol. The maximum absolute atomic E-state index is 5.96. The minimum absolute atomic E-state index is 0.233. The van der Waals surface area contributed by atoms with Crippen LogP contribution in [0.25, 0.3) is 0 Å². The fourth-order valence-corrected chi connectivity index (χ4v) is 2.82. The SMILES string of the molecule is CCNc1nc(Cl)nc(N(C)CC2CCCN2CC)n1. The molecule has 1 saturated heterocycles. The van der Waals surface area contributed by atoms with Gasteiger partial charge in [0.05, 0.1) is 0 Å². The predicted molar refractivity (Wildman–Crippen MR) is 82.5 cm³/mol. The summed E-state index contributed by atoms with van der Waals surface area (Å²) in [5, 5.41) is 3.31. The predicted octanol–water partition coefficient (Wildman–Crippen LogP) is 1.88. The van der Waals surface area contributed by atoms with E-state index in [4.69, 9.17) is 11.6 Å². The van der Waals surface area contributed by atoms with E-state index in [0.717, 1.165) is 19.6 Å². The van der Waals surface area contributed by atoms with Gasteiger partial charge in [0.2, 0.25) is 17.2 Å². The van der Waals surface area contributed by atoms with Crippen LogP contribution in [-0.2, 0) is 0 Å². The third-order valence-electron chi connectivity index (χ3n) is 3.66. The zero-order valence-corrected chi connectivity index (χ0v) is 13.2. The number of likely N-dealkylation sites (N-methyl/N-ethyl adjacent to an activating group) is 2. The molecular weight excluding hydrogens is 276 g/mol. The number of likely N-dealkylation sites (tertiary alicyclic amines) is 1. The summed E-state index contributed by atoms with van der Waals surface area (Å²) < 4.78 is 0. The highest BCUT2D eigenvalue weighted by Gasteiger charge is 2.25. The molecule has 1 aliphatic heterocycles. The first kappa shape index (κ1) is 15.3. The van der Waals surface area contributed by atoms with E-state index in [1.807, 2.05) is 14.0 Å². The highest BCUT2D eigenvalue weighted by Crippen LogP contribution is 2.19. The molecule has 112 valence electrons. The molecule has 0 amide bonds. The molecule has 0 radical (unpaired) electrons. The number of rotatable bonds is 6. The van der Waals surface area contributed by atoms with Crippen molar-refractivity contribution >= 4 is 23.5 Å². The van der Waals surface area contributed by atoms with E-state index in [2.05, 4.69) is 37.0 Å². The molecule has 1 atom stereocenters. The van der Waals surface area contributed by atoms with E-state index in [1.165, 1.54) is 19.4 Å². The van der Waals surface area contributed by atoms with Gasteiger partial charge in [0.1, 0.15) is 0 Å². The Bertz CT molecular complexity index is 441. The zero-order valence-electron chi connectivity index (χ0n) is 12.4. The molecule has 0 aromatic carbocycles. The van der Waals surface area contributed by atoms with E-state index in [1.54, 1.807) is 0 Å². The Labute approximate surface area is 125 Å². The van der Waals surface area contributed by atoms with Crippen LogP contribution in [0.5, 0.6) is 0 Å². The summed E-state index contributed by atoms with van der Waals surface area (Å²) in [5.41, 5.74) is 0. The van der Waals surface area contributed by atoms with Crippen LogP contribution < -0.4 is 10.2 Å². The maximum Gasteiger partial charge on any atom is 0.231 e. The van der Waals surface area contributed by atoms with Crippen LogP contribution in [0.1, 0.15) is 26.7 Å². The molecule has 1 aliphatic rings. The summed E-state index contributed by atoms with van der Waals surface area (Å²) in [6, 6.07) is 0.572. The van der Waals surface area contributed by atoms with Crippen LogP contribution in [0.2, 0.25) is 5.28 Å². The molecule has 1 fully saturated rings. The zero-order chi connectivity index (χ0) is 14.5. The van der Waals surface area contributed by atoms with Gasteiger partial charge in [-0.2, -0.15) is 15.0 Å². The van der Waals surface area contributed by atoms with Gasteiger partial charge in [0.25, 0.3) is 0 Å². The highest BCUT2D eigenvalue weighted by atomic mass is 35.5. The normalized spacial score (nSPS) is 19.3. The topological polar surface area (TPSA) is 57.2 Å². The molecular formula is C13H23ClN6. The second-order valence-corrected chi connectivity index (χ2v) is 5.40. The number of nitrogens with zero attached hydrogens (tertiary/aromatic N) is 5. The number of hydrogen-bond donors (Lipinski definition) is 1. The van der Waals surface area contributed by atoms with Gasteiger partial charge in [-0.25, -0.2) is 0 Å². The van der Waals surface area contributed by atoms with Crippen LogP contribution in [0.15, 0.2) is 0 Å². The smallest absolute Gasteiger partial charge is 0.231 e. The second kappa shape index (κ2) is 7.04. The Morgan fingerprint density at radius 3 is 2.85 bits per heavy atom. The van der Waals surface area contributed by atoms with Crippen LogP contribution in [0.3, 0.4) is 0 Å². The van der Waals surface area contributed by atoms with Crippen molar-refractivity contribution in [2.45, 2.75) is 32.7 Å². The van der Waals surface area contributed by atoms with Crippen molar-refractivity contribution in [3.05, 3.63) is 5.28 Å². The van der Waals surface area contributed by atoms with E-state index in [0.29, 0.717) is 17.9 Å². The minimum atomic E-state index is 0.233. The van der Waals surface area contributed by atoms with Crippen LogP contribution in [-0.4, -0.2) is 59.1 Å². The minimum Gasteiger partial charge on any atom is -0.354 e. The summed E-state index contributed by atoms with van der Waals surface area (Å²) in [6.07, 6.45) is 2.50. The number of hydrogen-bond acceptors (Lipinski definition) is 6. The lowest BCUT2D eigenvalue weighted by Crippen LogP contribution is -2.39. The van der Waals surface area contributed by atoms with Crippen molar-refractivity contribution in [2.75, 3.05) is 43.4 Å². The molecule has 0 bridgehead atoms. The first-order valence-electron chi connectivity index (χ1n) is 7.24. The summed E-state index contributed by atoms with van der Waals surface area (Å²) in [6.45, 7) is 8.17. The van der Waals surface area contributed by atoms with E-state index in [-0.39, 0.29) is 5.28 Å². The van der Waals surface area contributed by atoms with E-state index in [9.17, 15) is 0 Å². The molecule has 6 nitrogen and oxygen atoms in total. The lowest BCUT2D eigenvalue weighted by atomic mass is 10.2. The molecule has 0 aliphatic carbocycles. The summed E-state index contributed by atoms with van der Waals surface area (Å²) in [4.78, 5) is 17.3. The Morgan fingerprint density at radius 1 is 1.35 bits per heavy atom. The number of anilines is 2. The molecule has 0 saturated carbocycles. The molecule has 1 unspecified atom stereocenters. The van der Waals surface area contributed by atoms with Gasteiger partial charge < -0.3 is 10.2 Å². The summed E-state index contributed by atoms with van der Waals surface area (Å²) in [7, 11) is 2.01. The third-order valence-corrected chi connectivity index (χ3v) is 3.83. The van der Waals surface area contributed by atoms with Crippen molar-refractivity contribution in [3.8, 4) is 0 Å². The maximum atomic E-state index is 5.96. The number of aromatic nitrogens is 3. The standard InChI is InChI=1S/C13H23ClN6/c1-4-15-12-16-11(14)17-13(18-12)19(3)9-10-7-6-8-20(10)5-2/h10H,4-9H2,1-3H3,(H,15,16,17,18). The van der Waals surface area contributed by atoms with Crippen LogP contribution in [0, 0.1) is 0 Å². The first-order chi connectivity index (χ1) is 9.63. The summed E-state index contributed by atoms with van der Waals surface area (Å²) in [5.74, 6) is 1.16. The number of halogens is 1. The third kappa shape index (κ3) is 3.70. The Balaban J connectivity index is 2.06. The molecule has 1 aromatic heterocycles. The second-order valence-electron chi connectivity index (χ2n) is 5.06. The van der Waals surface area contributed by atoms with Crippen molar-refractivity contribution in [2.24, 2.45) is 0 Å². The largest absolute Gasteiger partial charge is 0.354 e. The molecule has 0 spiro atoms. The lowest BCUT2D eigenvalue weighted by molar-refractivity contribution is 0.270. The van der Waals surface area contributed by atoms with Gasteiger partial charge in [0, 0.05) is 26.2 Å². The molecule has 7 heteroatoms. The van der Waals surface area contributed by atoms with E-state index >= 15 is 0 Å². The van der Waals surface area contributed by atoms with Gasteiger partial charge in [-0.1, -0.05) is 6.92 Å². The van der Waals surface area contributed by atoms with Gasteiger partial charge in [0.15, 0.2) is 0 Å². The molecule has 2 rings (SSSR count). The fourth-order valence-electron chi connectivity index (χ4n) is 2.66. The molecule has 1 aromatic rings. The Morgan fingerprint density at radius 2 is 2.15 bits per heavy atom. The van der Waals surface area contributed by atoms with Gasteiger partial charge in [-0.05, 0) is 44.5 Å². The average Bonchev–Trinajstić information content (AvgIpc) is 2.85. The van der Waals surface area contributed by atoms with Gasteiger partial charge >= 0.3 is 0 Å². The van der Waals surface area contributed by atoms with Gasteiger partial charge in [-0.15, -0.1) is 0 Å². The Kier molecular flexibility index (Phi) is 5.37. The Hall–Kier alpha value is -1.14. The number of nitrogens with one attached hydrogen (secondary N) is 1. The molecule has 20 heavy (non-hydrogen) atoms. The fraction of sp³-hybridized carbons (Fsp3) is 0.769.